The van der Waals surface area contributed by atoms with Gasteiger partial charge >= 0.3 is 5.97 Å². The number of rotatable bonds is 6. The van der Waals surface area contributed by atoms with Gasteiger partial charge in [-0.15, -0.1) is 0 Å². The summed E-state index contributed by atoms with van der Waals surface area (Å²) >= 11 is 0. The predicted octanol–water partition coefficient (Wildman–Crippen LogP) is 7.12. The van der Waals surface area contributed by atoms with Gasteiger partial charge in [0.05, 0.1) is 17.1 Å². The first kappa shape index (κ1) is 26.9. The van der Waals surface area contributed by atoms with E-state index in [1.807, 2.05) is 103 Å². The van der Waals surface area contributed by atoms with E-state index in [1.54, 1.807) is 27.8 Å². The van der Waals surface area contributed by atoms with E-state index < -0.39 is 17.5 Å². The summed E-state index contributed by atoms with van der Waals surface area (Å²) in [5, 5.41) is 0. The summed E-state index contributed by atoms with van der Waals surface area (Å²) in [5.74, 6) is -0.703. The molecular formula is C34H32N2O4. The van der Waals surface area contributed by atoms with Crippen molar-refractivity contribution in [2.75, 3.05) is 11.9 Å². The van der Waals surface area contributed by atoms with Crippen LogP contribution in [0.25, 0.3) is 0 Å². The van der Waals surface area contributed by atoms with Gasteiger partial charge in [0.1, 0.15) is 17.3 Å². The number of esters is 1. The normalized spacial score (nSPS) is 14.8. The Hall–Kier alpha value is -4.71. The molecule has 6 heteroatoms. The van der Waals surface area contributed by atoms with Crippen LogP contribution >= 0.6 is 0 Å². The van der Waals surface area contributed by atoms with Gasteiger partial charge in [-0.2, -0.15) is 0 Å². The second-order valence-corrected chi connectivity index (χ2v) is 10.7. The number of amides is 1. The van der Waals surface area contributed by atoms with Crippen molar-refractivity contribution in [3.8, 4) is 11.5 Å². The highest BCUT2D eigenvalue weighted by Gasteiger charge is 2.40. The Bertz CT molecular complexity index is 1500. The number of carbonyl (C=O) groups excluding carboxylic acids is 2. The molecule has 6 nitrogen and oxygen atoms in total. The van der Waals surface area contributed by atoms with E-state index >= 15 is 0 Å². The SMILES string of the molecule is CN1C(=O)C(C(=O)OC(C)(C)C)Cc2cc(N=C(c3ccccc3)c3ccccc3)cc(Oc3ccccc3)c21. The summed E-state index contributed by atoms with van der Waals surface area (Å²) in [6, 6.07) is 33.2. The van der Waals surface area contributed by atoms with E-state index in [4.69, 9.17) is 14.5 Å². The maximum atomic E-state index is 13.4. The van der Waals surface area contributed by atoms with Crippen LogP contribution in [0.5, 0.6) is 11.5 Å². The van der Waals surface area contributed by atoms with Crippen molar-refractivity contribution in [1.82, 2.24) is 0 Å². The Morgan fingerprint density at radius 1 is 0.850 bits per heavy atom. The second-order valence-electron chi connectivity index (χ2n) is 10.7. The molecule has 0 aromatic heterocycles. The second kappa shape index (κ2) is 11.2. The zero-order valence-corrected chi connectivity index (χ0v) is 23.1. The van der Waals surface area contributed by atoms with Gasteiger partial charge in [0.25, 0.3) is 0 Å². The van der Waals surface area contributed by atoms with Crippen LogP contribution in [0.1, 0.15) is 37.5 Å². The molecule has 0 saturated carbocycles. The summed E-state index contributed by atoms with van der Waals surface area (Å²) in [7, 11) is 1.66. The Morgan fingerprint density at radius 3 is 1.95 bits per heavy atom. The standard InChI is InChI=1S/C34H32N2O4/c1-34(2,3)40-33(38)28-21-25-20-26(35-30(23-14-8-5-9-15-23)24-16-10-6-11-17-24)22-29(31(25)36(4)32(28)37)39-27-18-12-7-13-19-27/h5-20,22,28H,21H2,1-4H3. The quantitative estimate of drug-likeness (QED) is 0.151. The molecule has 1 unspecified atom stereocenters. The lowest BCUT2D eigenvalue weighted by Crippen LogP contribution is -2.44. The third-order valence-electron chi connectivity index (χ3n) is 6.52. The first-order chi connectivity index (χ1) is 19.2. The number of para-hydroxylation sites is 1. The van der Waals surface area contributed by atoms with Gasteiger partial charge in [-0.1, -0.05) is 78.9 Å². The number of carbonyl (C=O) groups is 2. The fourth-order valence-electron chi connectivity index (χ4n) is 4.77. The number of anilines is 1. The number of benzene rings is 4. The molecule has 0 fully saturated rings. The number of ether oxygens (including phenoxy) is 2. The molecule has 40 heavy (non-hydrogen) atoms. The van der Waals surface area contributed by atoms with E-state index in [-0.39, 0.29) is 12.3 Å². The molecule has 0 radical (unpaired) electrons. The molecule has 1 aliphatic rings. The van der Waals surface area contributed by atoms with Gasteiger partial charge in [-0.3, -0.25) is 9.59 Å². The first-order valence-corrected chi connectivity index (χ1v) is 13.3. The molecule has 1 heterocycles. The van der Waals surface area contributed by atoms with Crippen LogP contribution in [0, 0.1) is 5.92 Å². The van der Waals surface area contributed by atoms with Crippen molar-refractivity contribution in [2.24, 2.45) is 10.9 Å². The Morgan fingerprint density at radius 2 is 1.40 bits per heavy atom. The van der Waals surface area contributed by atoms with Crippen LogP contribution < -0.4 is 9.64 Å². The lowest BCUT2D eigenvalue weighted by Gasteiger charge is -2.33. The molecule has 0 aliphatic carbocycles. The molecule has 1 atom stereocenters. The van der Waals surface area contributed by atoms with E-state index in [0.717, 1.165) is 22.4 Å². The molecule has 0 spiro atoms. The molecule has 5 rings (SSSR count). The molecule has 0 bridgehead atoms. The van der Waals surface area contributed by atoms with E-state index in [2.05, 4.69) is 0 Å². The van der Waals surface area contributed by atoms with Crippen molar-refractivity contribution in [2.45, 2.75) is 32.8 Å². The van der Waals surface area contributed by atoms with Gasteiger partial charge in [0.15, 0.2) is 5.75 Å². The average Bonchev–Trinajstić information content (AvgIpc) is 2.94. The van der Waals surface area contributed by atoms with Gasteiger partial charge in [-0.25, -0.2) is 4.99 Å². The minimum Gasteiger partial charge on any atom is -0.459 e. The summed E-state index contributed by atoms with van der Waals surface area (Å²) in [5.41, 5.74) is 4.09. The van der Waals surface area contributed by atoms with Crippen LogP contribution in [0.4, 0.5) is 11.4 Å². The molecule has 1 aliphatic heterocycles. The number of nitrogens with zero attached hydrogens (tertiary/aromatic N) is 2. The summed E-state index contributed by atoms with van der Waals surface area (Å²) in [4.78, 5) is 33.0. The minimum absolute atomic E-state index is 0.188. The highest BCUT2D eigenvalue weighted by Crippen LogP contribution is 2.43. The largest absolute Gasteiger partial charge is 0.459 e. The summed E-state index contributed by atoms with van der Waals surface area (Å²) in [6.07, 6.45) is 0.188. The van der Waals surface area contributed by atoms with E-state index in [9.17, 15) is 9.59 Å². The molecule has 202 valence electrons. The average molecular weight is 533 g/mol. The molecule has 4 aromatic carbocycles. The molecule has 0 N–H and O–H groups in total. The first-order valence-electron chi connectivity index (χ1n) is 13.3. The van der Waals surface area contributed by atoms with Crippen molar-refractivity contribution in [3.05, 3.63) is 120 Å². The number of aliphatic imine (C=N–C) groups is 1. The fourth-order valence-corrected chi connectivity index (χ4v) is 4.77. The van der Waals surface area contributed by atoms with Gasteiger partial charge in [0, 0.05) is 24.2 Å². The summed E-state index contributed by atoms with van der Waals surface area (Å²) in [6.45, 7) is 5.38. The smallest absolute Gasteiger partial charge is 0.319 e. The molecule has 4 aromatic rings. The zero-order valence-electron chi connectivity index (χ0n) is 23.1. The molecule has 1 amide bonds. The Labute approximate surface area is 234 Å². The van der Waals surface area contributed by atoms with Gasteiger partial charge < -0.3 is 14.4 Å². The monoisotopic (exact) mass is 532 g/mol. The van der Waals surface area contributed by atoms with Crippen LogP contribution in [0.15, 0.2) is 108 Å². The van der Waals surface area contributed by atoms with Crippen molar-refractivity contribution < 1.29 is 19.1 Å². The molecule has 0 saturated heterocycles. The van der Waals surface area contributed by atoms with Gasteiger partial charge in [0.2, 0.25) is 5.91 Å². The van der Waals surface area contributed by atoms with Crippen molar-refractivity contribution in [3.63, 3.8) is 0 Å². The zero-order chi connectivity index (χ0) is 28.3. The van der Waals surface area contributed by atoms with Crippen LogP contribution in [0.3, 0.4) is 0 Å². The van der Waals surface area contributed by atoms with E-state index in [1.165, 1.54) is 4.90 Å². The summed E-state index contributed by atoms with van der Waals surface area (Å²) < 4.78 is 11.9. The van der Waals surface area contributed by atoms with Crippen LogP contribution in [-0.4, -0.2) is 30.2 Å². The maximum absolute atomic E-state index is 13.4. The third-order valence-corrected chi connectivity index (χ3v) is 6.52. The van der Waals surface area contributed by atoms with Crippen molar-refractivity contribution >= 4 is 29.0 Å². The number of hydrogen-bond donors (Lipinski definition) is 0. The number of fused-ring (bicyclic) bond motifs is 1. The lowest BCUT2D eigenvalue weighted by atomic mass is 9.90. The number of hydrogen-bond acceptors (Lipinski definition) is 5. The highest BCUT2D eigenvalue weighted by atomic mass is 16.6. The lowest BCUT2D eigenvalue weighted by molar-refractivity contribution is -0.162. The Kier molecular flexibility index (Phi) is 7.52. The van der Waals surface area contributed by atoms with E-state index in [0.29, 0.717) is 22.9 Å². The Balaban J connectivity index is 1.65. The maximum Gasteiger partial charge on any atom is 0.319 e. The topological polar surface area (TPSA) is 68.2 Å². The predicted molar refractivity (Wildman–Crippen MR) is 158 cm³/mol. The third kappa shape index (κ3) is 5.96. The fraction of sp³-hybridized carbons (Fsp3) is 0.206. The van der Waals surface area contributed by atoms with Crippen LogP contribution in [0.2, 0.25) is 0 Å². The minimum atomic E-state index is -0.955. The van der Waals surface area contributed by atoms with Gasteiger partial charge in [-0.05, 0) is 51.0 Å². The van der Waals surface area contributed by atoms with Crippen molar-refractivity contribution in [1.29, 1.82) is 0 Å². The molecular weight excluding hydrogens is 500 g/mol. The highest BCUT2D eigenvalue weighted by molar-refractivity contribution is 6.14. The van der Waals surface area contributed by atoms with Crippen LogP contribution in [-0.2, 0) is 20.7 Å².